The van der Waals surface area contributed by atoms with E-state index in [0.29, 0.717) is 13.1 Å². The van der Waals surface area contributed by atoms with Gasteiger partial charge in [-0.05, 0) is 6.54 Å². The van der Waals surface area contributed by atoms with Crippen molar-refractivity contribution in [1.29, 1.82) is 0 Å². The lowest BCUT2D eigenvalue weighted by Gasteiger charge is -2.00. The number of hydrogen-bond acceptors (Lipinski definition) is 4. The van der Waals surface area contributed by atoms with Crippen molar-refractivity contribution in [3.05, 3.63) is 30.1 Å². The Labute approximate surface area is 87.7 Å². The van der Waals surface area contributed by atoms with Gasteiger partial charge in [-0.15, -0.1) is 5.10 Å². The Bertz CT molecular complexity index is 429. The van der Waals surface area contributed by atoms with E-state index in [0.717, 1.165) is 17.9 Å². The summed E-state index contributed by atoms with van der Waals surface area (Å²) in [4.78, 5) is 4.22. The highest BCUT2D eigenvalue weighted by Gasteiger charge is 2.03. The van der Waals surface area contributed by atoms with Crippen LogP contribution in [0.4, 0.5) is 0 Å². The van der Waals surface area contributed by atoms with Crippen molar-refractivity contribution < 1.29 is 0 Å². The van der Waals surface area contributed by atoms with Gasteiger partial charge >= 0.3 is 0 Å². The second kappa shape index (κ2) is 4.22. The molecule has 0 bridgehead atoms. The summed E-state index contributed by atoms with van der Waals surface area (Å²) in [5.74, 6) is 0.958. The fraction of sp³-hybridized carbons (Fsp3) is 0.444. The molecule has 0 unspecified atom stereocenters. The molecule has 0 saturated heterocycles. The molecule has 0 fully saturated rings. The van der Waals surface area contributed by atoms with Gasteiger partial charge in [0.15, 0.2) is 0 Å². The Kier molecular flexibility index (Phi) is 2.77. The molecule has 2 rings (SSSR count). The van der Waals surface area contributed by atoms with Crippen molar-refractivity contribution in [3.63, 3.8) is 0 Å². The summed E-state index contributed by atoms with van der Waals surface area (Å²) in [5.41, 5.74) is 6.36. The van der Waals surface area contributed by atoms with Crippen molar-refractivity contribution in [1.82, 2.24) is 24.5 Å². The maximum absolute atomic E-state index is 5.44. The molecule has 0 atom stereocenters. The monoisotopic (exact) mass is 206 g/mol. The van der Waals surface area contributed by atoms with Crippen LogP contribution >= 0.6 is 0 Å². The molecule has 0 spiro atoms. The van der Waals surface area contributed by atoms with Crippen LogP contribution in [0.15, 0.2) is 18.6 Å². The maximum Gasteiger partial charge on any atom is 0.130 e. The average Bonchev–Trinajstić information content (AvgIpc) is 2.79. The molecule has 0 aliphatic carbocycles. The first kappa shape index (κ1) is 9.85. The first-order valence-corrected chi connectivity index (χ1v) is 4.85. The zero-order valence-corrected chi connectivity index (χ0v) is 8.67. The van der Waals surface area contributed by atoms with Crippen LogP contribution in [0, 0.1) is 0 Å². The zero-order chi connectivity index (χ0) is 10.7. The van der Waals surface area contributed by atoms with Crippen LogP contribution in [0.2, 0.25) is 0 Å². The number of nitrogens with two attached hydrogens (primary N) is 1. The number of aromatic nitrogens is 5. The third-order valence-electron chi connectivity index (χ3n) is 2.21. The summed E-state index contributed by atoms with van der Waals surface area (Å²) in [5, 5.41) is 8.02. The molecule has 0 aliphatic heterocycles. The lowest BCUT2D eigenvalue weighted by atomic mass is 10.3. The molecular formula is C9H14N6. The highest BCUT2D eigenvalue weighted by atomic mass is 15.4. The summed E-state index contributed by atoms with van der Waals surface area (Å²) in [6.07, 6.45) is 6.35. The minimum absolute atomic E-state index is 0.598. The fourth-order valence-corrected chi connectivity index (χ4v) is 1.37. The van der Waals surface area contributed by atoms with Crippen molar-refractivity contribution in [2.75, 3.05) is 6.54 Å². The van der Waals surface area contributed by atoms with E-state index >= 15 is 0 Å². The number of nitrogens with zero attached hydrogens (tertiary/aromatic N) is 5. The van der Waals surface area contributed by atoms with Crippen LogP contribution in [0.1, 0.15) is 11.5 Å². The first-order valence-electron chi connectivity index (χ1n) is 4.85. The van der Waals surface area contributed by atoms with Gasteiger partial charge in [-0.2, -0.15) is 0 Å². The molecule has 6 nitrogen and oxygen atoms in total. The third-order valence-corrected chi connectivity index (χ3v) is 2.21. The minimum Gasteiger partial charge on any atom is -0.336 e. The Morgan fingerprint density at radius 1 is 1.47 bits per heavy atom. The molecule has 2 N–H and O–H groups in total. The van der Waals surface area contributed by atoms with E-state index in [2.05, 4.69) is 15.3 Å². The van der Waals surface area contributed by atoms with Gasteiger partial charge in [0.1, 0.15) is 12.4 Å². The first-order chi connectivity index (χ1) is 7.29. The molecule has 0 amide bonds. The van der Waals surface area contributed by atoms with Gasteiger partial charge in [0, 0.05) is 32.1 Å². The zero-order valence-electron chi connectivity index (χ0n) is 8.67. The van der Waals surface area contributed by atoms with Gasteiger partial charge in [-0.3, -0.25) is 0 Å². The van der Waals surface area contributed by atoms with Gasteiger partial charge < -0.3 is 10.3 Å². The molecule has 0 radical (unpaired) electrons. The summed E-state index contributed by atoms with van der Waals surface area (Å²) in [7, 11) is 1.96. The van der Waals surface area contributed by atoms with Gasteiger partial charge in [-0.1, -0.05) is 5.21 Å². The molecular weight excluding hydrogens is 192 g/mol. The van der Waals surface area contributed by atoms with Crippen molar-refractivity contribution >= 4 is 0 Å². The Balaban J connectivity index is 2.08. The van der Waals surface area contributed by atoms with E-state index in [1.807, 2.05) is 24.0 Å². The molecule has 80 valence electrons. The van der Waals surface area contributed by atoms with Crippen molar-refractivity contribution in [3.8, 4) is 0 Å². The predicted molar refractivity (Wildman–Crippen MR) is 55.1 cm³/mol. The normalized spacial score (nSPS) is 10.8. The topological polar surface area (TPSA) is 74.5 Å². The Hall–Kier alpha value is -1.69. The van der Waals surface area contributed by atoms with E-state index in [9.17, 15) is 0 Å². The SMILES string of the molecule is Cn1ccnc1Cn1cc(CCN)nn1. The quantitative estimate of drug-likeness (QED) is 0.736. The molecule has 6 heteroatoms. The second-order valence-electron chi connectivity index (χ2n) is 3.40. The highest BCUT2D eigenvalue weighted by molar-refractivity contribution is 4.96. The number of imidazole rings is 1. The van der Waals surface area contributed by atoms with Gasteiger partial charge in [-0.25, -0.2) is 9.67 Å². The van der Waals surface area contributed by atoms with E-state index < -0.39 is 0 Å². The van der Waals surface area contributed by atoms with Crippen molar-refractivity contribution in [2.45, 2.75) is 13.0 Å². The fourth-order valence-electron chi connectivity index (χ4n) is 1.37. The predicted octanol–water partition coefficient (Wildman–Crippen LogP) is -0.439. The van der Waals surface area contributed by atoms with Crippen LogP contribution in [0.5, 0.6) is 0 Å². The molecule has 2 heterocycles. The number of aryl methyl sites for hydroxylation is 1. The Morgan fingerprint density at radius 3 is 3.00 bits per heavy atom. The van der Waals surface area contributed by atoms with E-state index in [4.69, 9.17) is 5.73 Å². The molecule has 15 heavy (non-hydrogen) atoms. The summed E-state index contributed by atoms with van der Waals surface area (Å²) in [6, 6.07) is 0. The molecule has 0 saturated carbocycles. The van der Waals surface area contributed by atoms with Crippen LogP contribution < -0.4 is 5.73 Å². The van der Waals surface area contributed by atoms with Crippen LogP contribution in [0.25, 0.3) is 0 Å². The average molecular weight is 206 g/mol. The standard InChI is InChI=1S/C9H14N6/c1-14-5-4-11-9(14)7-15-6-8(2-3-10)12-13-15/h4-6H,2-3,7,10H2,1H3. The molecule has 2 aromatic rings. The molecule has 0 aromatic carbocycles. The van der Waals surface area contributed by atoms with Crippen LogP contribution in [-0.2, 0) is 20.0 Å². The number of rotatable bonds is 4. The van der Waals surface area contributed by atoms with Crippen LogP contribution in [-0.4, -0.2) is 31.1 Å². The van der Waals surface area contributed by atoms with Crippen molar-refractivity contribution in [2.24, 2.45) is 12.8 Å². The summed E-state index contributed by atoms with van der Waals surface area (Å²) >= 11 is 0. The van der Waals surface area contributed by atoms with Gasteiger partial charge in [0.05, 0.1) is 5.69 Å². The third kappa shape index (κ3) is 2.21. The molecule has 0 aliphatic rings. The van der Waals surface area contributed by atoms with Gasteiger partial charge in [0.2, 0.25) is 0 Å². The number of hydrogen-bond donors (Lipinski definition) is 1. The lowest BCUT2D eigenvalue weighted by molar-refractivity contribution is 0.607. The highest BCUT2D eigenvalue weighted by Crippen LogP contribution is 1.99. The van der Waals surface area contributed by atoms with Gasteiger partial charge in [0.25, 0.3) is 0 Å². The van der Waals surface area contributed by atoms with E-state index in [1.54, 1.807) is 10.9 Å². The lowest BCUT2D eigenvalue weighted by Crippen LogP contribution is -2.06. The molecule has 2 aromatic heterocycles. The smallest absolute Gasteiger partial charge is 0.130 e. The largest absolute Gasteiger partial charge is 0.336 e. The second-order valence-corrected chi connectivity index (χ2v) is 3.40. The minimum atomic E-state index is 0.598. The van der Waals surface area contributed by atoms with Crippen LogP contribution in [0.3, 0.4) is 0 Å². The van der Waals surface area contributed by atoms with E-state index in [-0.39, 0.29) is 0 Å². The maximum atomic E-state index is 5.44. The summed E-state index contributed by atoms with van der Waals surface area (Å²) < 4.78 is 3.73. The summed E-state index contributed by atoms with van der Waals surface area (Å²) in [6.45, 7) is 1.24. The van der Waals surface area contributed by atoms with E-state index in [1.165, 1.54) is 0 Å². The Morgan fingerprint density at radius 2 is 2.33 bits per heavy atom.